The van der Waals surface area contributed by atoms with Crippen molar-refractivity contribution < 1.29 is 9.47 Å². The number of aryl methyl sites for hydroxylation is 4. The van der Waals surface area contributed by atoms with E-state index in [0.717, 1.165) is 29.2 Å². The number of allylic oxidation sites excluding steroid dienone is 4. The number of hydrogen-bond donors (Lipinski definition) is 0. The van der Waals surface area contributed by atoms with Gasteiger partial charge in [-0.05, 0) is 147 Å². The van der Waals surface area contributed by atoms with Crippen molar-refractivity contribution in [3.8, 4) is 11.5 Å². The van der Waals surface area contributed by atoms with E-state index in [0.29, 0.717) is 5.66 Å². The largest absolute Gasteiger partial charge is 0.496 e. The fourth-order valence-electron chi connectivity index (χ4n) is 8.16. The number of benzene rings is 2. The summed E-state index contributed by atoms with van der Waals surface area (Å²) in [6.45, 7) is 11.5. The molecule has 4 heteroatoms. The van der Waals surface area contributed by atoms with Crippen LogP contribution in [0.1, 0.15) is 99.8 Å². The molecule has 2 saturated carbocycles. The maximum Gasteiger partial charge on any atom is 0.124 e. The van der Waals surface area contributed by atoms with E-state index in [-0.39, 0.29) is 7.92 Å². The minimum Gasteiger partial charge on any atom is -0.496 e. The standard InChI is InChI=1S/C37H52O2P2/c1-25-21-32(22-26(2)36(25)38-6)41(33-23-27(3)37(39-7)28(4)24-33)35-20-14-19-34(35)29(5)40(30-15-10-8-11-16-30)31-17-12-9-13-18-31/h14,20-24,29-31H,8-13,15-19H2,1-7H3. The Morgan fingerprint density at radius 3 is 1.46 bits per heavy atom. The van der Waals surface area contributed by atoms with Gasteiger partial charge in [0.25, 0.3) is 0 Å². The van der Waals surface area contributed by atoms with Crippen LogP contribution in [0.25, 0.3) is 0 Å². The Morgan fingerprint density at radius 2 is 1.07 bits per heavy atom. The highest BCUT2D eigenvalue weighted by atomic mass is 31.1. The molecule has 0 aliphatic heterocycles. The number of methoxy groups -OCH3 is 2. The highest BCUT2D eigenvalue weighted by molar-refractivity contribution is 7.77. The Kier molecular flexibility index (Phi) is 10.4. The van der Waals surface area contributed by atoms with Crippen molar-refractivity contribution in [2.75, 3.05) is 14.2 Å². The molecule has 41 heavy (non-hydrogen) atoms. The summed E-state index contributed by atoms with van der Waals surface area (Å²) >= 11 is 0. The Hall–Kier alpha value is -1.62. The van der Waals surface area contributed by atoms with Crippen molar-refractivity contribution in [2.45, 2.75) is 122 Å². The highest BCUT2D eigenvalue weighted by Crippen LogP contribution is 2.63. The molecule has 222 valence electrons. The van der Waals surface area contributed by atoms with Gasteiger partial charge in [-0.3, -0.25) is 0 Å². The zero-order chi connectivity index (χ0) is 29.1. The molecule has 2 fully saturated rings. The zero-order valence-electron chi connectivity index (χ0n) is 26.7. The van der Waals surface area contributed by atoms with Gasteiger partial charge in [0.15, 0.2) is 0 Å². The van der Waals surface area contributed by atoms with Gasteiger partial charge in [-0.2, -0.15) is 0 Å². The molecule has 1 unspecified atom stereocenters. The molecule has 1 atom stereocenters. The lowest BCUT2D eigenvalue weighted by atomic mass is 9.99. The second-order valence-corrected chi connectivity index (χ2v) is 18.1. The van der Waals surface area contributed by atoms with Crippen LogP contribution in [0.15, 0.2) is 47.3 Å². The first-order valence-electron chi connectivity index (χ1n) is 16.1. The lowest BCUT2D eigenvalue weighted by molar-refractivity contribution is 0.408. The van der Waals surface area contributed by atoms with Gasteiger partial charge >= 0.3 is 0 Å². The van der Waals surface area contributed by atoms with Gasteiger partial charge in [-0.25, -0.2) is 0 Å². The van der Waals surface area contributed by atoms with Gasteiger partial charge in [-0.1, -0.05) is 71.1 Å². The molecule has 0 N–H and O–H groups in total. The van der Waals surface area contributed by atoms with E-state index in [2.05, 4.69) is 71.0 Å². The highest BCUT2D eigenvalue weighted by Gasteiger charge is 2.38. The van der Waals surface area contributed by atoms with E-state index in [1.807, 2.05) is 0 Å². The molecule has 0 aromatic heterocycles. The molecule has 2 aromatic carbocycles. The Bertz CT molecular complexity index is 1160. The molecule has 0 bridgehead atoms. The molecule has 5 rings (SSSR count). The summed E-state index contributed by atoms with van der Waals surface area (Å²) in [5, 5.41) is 4.52. The maximum atomic E-state index is 5.80. The van der Waals surface area contributed by atoms with Crippen LogP contribution in [-0.4, -0.2) is 31.2 Å². The molecule has 2 nitrogen and oxygen atoms in total. The maximum absolute atomic E-state index is 5.80. The van der Waals surface area contributed by atoms with E-state index in [1.165, 1.54) is 97.1 Å². The van der Waals surface area contributed by atoms with E-state index in [4.69, 9.17) is 9.47 Å². The summed E-state index contributed by atoms with van der Waals surface area (Å²) in [5.74, 6) is 2.04. The summed E-state index contributed by atoms with van der Waals surface area (Å²) < 4.78 is 11.6. The topological polar surface area (TPSA) is 18.5 Å². The molecule has 2 aromatic rings. The SMILES string of the molecule is COc1c(C)cc(P(C2=C(C(C)P(C3CCCCC3)C3CCCCC3)CC=C2)c2cc(C)c(OC)c(C)c2)cc1C. The lowest BCUT2D eigenvalue weighted by Crippen LogP contribution is -2.27. The average molecular weight is 591 g/mol. The predicted octanol–water partition coefficient (Wildman–Crippen LogP) is 10.1. The molecule has 0 radical (unpaired) electrons. The summed E-state index contributed by atoms with van der Waals surface area (Å²) in [7, 11) is 2.88. The molecule has 0 heterocycles. The number of hydrogen-bond acceptors (Lipinski definition) is 2. The Morgan fingerprint density at radius 1 is 0.659 bits per heavy atom. The van der Waals surface area contributed by atoms with Crippen LogP contribution < -0.4 is 20.1 Å². The van der Waals surface area contributed by atoms with Crippen molar-refractivity contribution in [3.05, 3.63) is 69.6 Å². The van der Waals surface area contributed by atoms with Crippen LogP contribution in [0.4, 0.5) is 0 Å². The summed E-state index contributed by atoms with van der Waals surface area (Å²) in [5.41, 5.74) is 9.34. The minimum atomic E-state index is -0.691. The van der Waals surface area contributed by atoms with Crippen LogP contribution in [-0.2, 0) is 0 Å². The van der Waals surface area contributed by atoms with Gasteiger partial charge in [0, 0.05) is 0 Å². The molecule has 3 aliphatic rings. The first-order valence-corrected chi connectivity index (χ1v) is 19.0. The molecule has 0 saturated heterocycles. The summed E-state index contributed by atoms with van der Waals surface area (Å²) in [6.07, 6.45) is 20.8. The average Bonchev–Trinajstić information content (AvgIpc) is 3.44. The van der Waals surface area contributed by atoms with Crippen LogP contribution in [0.2, 0.25) is 0 Å². The Balaban J connectivity index is 1.64. The first kappa shape index (κ1) is 30.8. The zero-order valence-corrected chi connectivity index (χ0v) is 28.5. The van der Waals surface area contributed by atoms with Crippen LogP contribution in [0, 0.1) is 27.7 Å². The van der Waals surface area contributed by atoms with E-state index in [1.54, 1.807) is 25.1 Å². The normalized spacial score (nSPS) is 19.4. The minimum absolute atomic E-state index is 0.0264. The molecule has 3 aliphatic carbocycles. The lowest BCUT2D eigenvalue weighted by Gasteiger charge is -2.43. The first-order chi connectivity index (χ1) is 19.8. The van der Waals surface area contributed by atoms with Crippen molar-refractivity contribution in [1.82, 2.24) is 0 Å². The van der Waals surface area contributed by atoms with E-state index >= 15 is 0 Å². The second kappa shape index (κ2) is 13.8. The quantitative estimate of drug-likeness (QED) is 0.271. The van der Waals surface area contributed by atoms with Crippen molar-refractivity contribution >= 4 is 26.5 Å². The summed E-state index contributed by atoms with van der Waals surface area (Å²) in [4.78, 5) is 0. The Labute approximate surface area is 252 Å². The van der Waals surface area contributed by atoms with Crippen LogP contribution >= 0.6 is 15.8 Å². The van der Waals surface area contributed by atoms with Crippen molar-refractivity contribution in [1.29, 1.82) is 0 Å². The predicted molar refractivity (Wildman–Crippen MR) is 182 cm³/mol. The van der Waals surface area contributed by atoms with Gasteiger partial charge in [0.1, 0.15) is 11.5 Å². The molecular formula is C37H52O2P2. The number of ether oxygens (including phenoxy) is 2. The molecular weight excluding hydrogens is 538 g/mol. The third-order valence-electron chi connectivity index (χ3n) is 9.94. The third kappa shape index (κ3) is 6.50. The van der Waals surface area contributed by atoms with Gasteiger partial charge in [-0.15, -0.1) is 0 Å². The van der Waals surface area contributed by atoms with Crippen molar-refractivity contribution in [2.24, 2.45) is 0 Å². The van der Waals surface area contributed by atoms with Gasteiger partial charge < -0.3 is 9.47 Å². The van der Waals surface area contributed by atoms with Crippen LogP contribution in [0.3, 0.4) is 0 Å². The van der Waals surface area contributed by atoms with Crippen molar-refractivity contribution in [3.63, 3.8) is 0 Å². The molecule has 0 amide bonds. The third-order valence-corrected chi connectivity index (χ3v) is 16.3. The van der Waals surface area contributed by atoms with E-state index in [9.17, 15) is 0 Å². The van der Waals surface area contributed by atoms with Gasteiger partial charge in [0.2, 0.25) is 0 Å². The number of rotatable bonds is 9. The molecule has 0 spiro atoms. The van der Waals surface area contributed by atoms with Gasteiger partial charge in [0.05, 0.1) is 14.2 Å². The monoisotopic (exact) mass is 590 g/mol. The fourth-order valence-corrected chi connectivity index (χ4v) is 15.6. The van der Waals surface area contributed by atoms with Crippen LogP contribution in [0.5, 0.6) is 11.5 Å². The summed E-state index contributed by atoms with van der Waals surface area (Å²) in [6, 6.07) is 9.66. The second-order valence-electron chi connectivity index (χ2n) is 12.8. The fraction of sp³-hybridized carbons (Fsp3) is 0.568. The smallest absolute Gasteiger partial charge is 0.124 e. The van der Waals surface area contributed by atoms with E-state index < -0.39 is 7.92 Å².